The first kappa shape index (κ1) is 22.7. The molecule has 0 aliphatic carbocycles. The lowest BCUT2D eigenvalue weighted by atomic mass is 10.1. The fourth-order valence-corrected chi connectivity index (χ4v) is 3.35. The van der Waals surface area contributed by atoms with Crippen LogP contribution in [-0.2, 0) is 9.59 Å². The highest BCUT2D eigenvalue weighted by Gasteiger charge is 2.20. The molecule has 0 saturated carbocycles. The number of carbonyl (C=O) groups excluding carboxylic acids is 2. The van der Waals surface area contributed by atoms with Crippen LogP contribution in [0.4, 0.5) is 11.8 Å². The predicted molar refractivity (Wildman–Crippen MR) is 118 cm³/mol. The summed E-state index contributed by atoms with van der Waals surface area (Å²) in [6.45, 7) is 4.67. The third-order valence-corrected chi connectivity index (χ3v) is 5.05. The summed E-state index contributed by atoms with van der Waals surface area (Å²) in [5.74, 6) is 0.673. The SMILES string of the molecule is CNC(=O)C(C)CN(C)c1nc(N(C)CC(C)C(=O)NC)c2cc(Cl)ccc2n1. The van der Waals surface area contributed by atoms with Crippen LogP contribution in [0.2, 0.25) is 5.02 Å². The molecule has 2 aromatic rings. The lowest BCUT2D eigenvalue weighted by Gasteiger charge is -2.26. The molecule has 2 amide bonds. The summed E-state index contributed by atoms with van der Waals surface area (Å²) < 4.78 is 0. The van der Waals surface area contributed by atoms with Crippen LogP contribution in [0.1, 0.15) is 13.8 Å². The van der Waals surface area contributed by atoms with Crippen molar-refractivity contribution in [2.24, 2.45) is 11.8 Å². The monoisotopic (exact) mass is 420 g/mol. The maximum atomic E-state index is 11.9. The van der Waals surface area contributed by atoms with Crippen LogP contribution in [0.25, 0.3) is 10.9 Å². The molecule has 0 saturated heterocycles. The van der Waals surface area contributed by atoms with Crippen LogP contribution in [0, 0.1) is 11.8 Å². The Hall–Kier alpha value is -2.61. The van der Waals surface area contributed by atoms with Crippen molar-refractivity contribution in [2.75, 3.05) is 51.1 Å². The summed E-state index contributed by atoms with van der Waals surface area (Å²) in [6.07, 6.45) is 0. The van der Waals surface area contributed by atoms with Crippen LogP contribution in [0.3, 0.4) is 0 Å². The standard InChI is InChI=1S/C20H29ClN6O2/c1-12(18(28)22-3)10-26(5)17-15-9-14(21)7-8-16(15)24-20(25-17)27(6)11-13(2)19(29)23-4/h7-9,12-13H,10-11H2,1-6H3,(H,22,28)(H,23,29). The average molecular weight is 421 g/mol. The van der Waals surface area contributed by atoms with Gasteiger partial charge in [0.05, 0.1) is 17.4 Å². The second kappa shape index (κ2) is 9.73. The van der Waals surface area contributed by atoms with Gasteiger partial charge in [-0.2, -0.15) is 4.98 Å². The number of carbonyl (C=O) groups is 2. The van der Waals surface area contributed by atoms with E-state index < -0.39 is 0 Å². The Morgan fingerprint density at radius 1 is 1.00 bits per heavy atom. The van der Waals surface area contributed by atoms with E-state index in [1.54, 1.807) is 20.2 Å². The summed E-state index contributed by atoms with van der Waals surface area (Å²) in [6, 6.07) is 5.45. The van der Waals surface area contributed by atoms with Gasteiger partial charge in [-0.3, -0.25) is 9.59 Å². The number of fused-ring (bicyclic) bond motifs is 1. The zero-order valence-corrected chi connectivity index (χ0v) is 18.5. The van der Waals surface area contributed by atoms with E-state index in [1.807, 2.05) is 49.9 Å². The summed E-state index contributed by atoms with van der Waals surface area (Å²) in [5, 5.41) is 6.72. The van der Waals surface area contributed by atoms with E-state index in [9.17, 15) is 9.59 Å². The van der Waals surface area contributed by atoms with Gasteiger partial charge in [0.25, 0.3) is 0 Å². The summed E-state index contributed by atoms with van der Waals surface area (Å²) in [5.41, 5.74) is 0.744. The molecule has 29 heavy (non-hydrogen) atoms. The molecule has 0 bridgehead atoms. The Kier molecular flexibility index (Phi) is 7.61. The van der Waals surface area contributed by atoms with Gasteiger partial charge in [0.1, 0.15) is 5.82 Å². The van der Waals surface area contributed by atoms with Gasteiger partial charge in [-0.05, 0) is 18.2 Å². The van der Waals surface area contributed by atoms with Crippen molar-refractivity contribution in [1.82, 2.24) is 20.6 Å². The summed E-state index contributed by atoms with van der Waals surface area (Å²) in [4.78, 5) is 37.0. The molecule has 8 nitrogen and oxygen atoms in total. The van der Waals surface area contributed by atoms with Gasteiger partial charge < -0.3 is 20.4 Å². The number of aromatic nitrogens is 2. The van der Waals surface area contributed by atoms with Gasteiger partial charge in [-0.25, -0.2) is 4.98 Å². The Balaban J connectivity index is 2.43. The maximum Gasteiger partial charge on any atom is 0.227 e. The van der Waals surface area contributed by atoms with Crippen molar-refractivity contribution in [1.29, 1.82) is 0 Å². The molecule has 1 heterocycles. The topological polar surface area (TPSA) is 90.5 Å². The van der Waals surface area contributed by atoms with E-state index in [0.717, 1.165) is 10.9 Å². The molecule has 1 aromatic heterocycles. The minimum absolute atomic E-state index is 0.0370. The Bertz CT molecular complexity index is 891. The van der Waals surface area contributed by atoms with Gasteiger partial charge in [-0.1, -0.05) is 25.4 Å². The number of benzene rings is 1. The highest BCUT2D eigenvalue weighted by atomic mass is 35.5. The molecule has 0 spiro atoms. The number of amides is 2. The van der Waals surface area contributed by atoms with Crippen molar-refractivity contribution < 1.29 is 9.59 Å². The quantitative estimate of drug-likeness (QED) is 0.678. The van der Waals surface area contributed by atoms with Crippen LogP contribution in [-0.4, -0.2) is 63.1 Å². The molecular weight excluding hydrogens is 392 g/mol. The van der Waals surface area contributed by atoms with Crippen molar-refractivity contribution >= 4 is 46.1 Å². The molecule has 2 atom stereocenters. The molecule has 2 unspecified atom stereocenters. The Morgan fingerprint density at radius 3 is 2.10 bits per heavy atom. The number of anilines is 2. The fourth-order valence-electron chi connectivity index (χ4n) is 3.18. The lowest BCUT2D eigenvalue weighted by Crippen LogP contribution is -2.36. The summed E-state index contributed by atoms with van der Waals surface area (Å²) in [7, 11) is 6.99. The van der Waals surface area contributed by atoms with Crippen molar-refractivity contribution in [3.05, 3.63) is 23.2 Å². The molecular formula is C20H29ClN6O2. The first-order chi connectivity index (χ1) is 13.7. The largest absolute Gasteiger partial charge is 0.359 e. The first-order valence-corrected chi connectivity index (χ1v) is 9.88. The Morgan fingerprint density at radius 2 is 1.55 bits per heavy atom. The highest BCUT2D eigenvalue weighted by molar-refractivity contribution is 6.31. The van der Waals surface area contributed by atoms with Gasteiger partial charge in [0.15, 0.2) is 0 Å². The molecule has 9 heteroatoms. The number of nitrogens with zero attached hydrogens (tertiary/aromatic N) is 4. The molecule has 2 N–H and O–H groups in total. The van der Waals surface area contributed by atoms with E-state index in [0.29, 0.717) is 29.9 Å². The van der Waals surface area contributed by atoms with Crippen molar-refractivity contribution in [2.45, 2.75) is 13.8 Å². The predicted octanol–water partition coefficient (Wildman–Crippen LogP) is 1.92. The van der Waals surface area contributed by atoms with Gasteiger partial charge in [0.2, 0.25) is 17.8 Å². The van der Waals surface area contributed by atoms with Crippen LogP contribution in [0.15, 0.2) is 18.2 Å². The van der Waals surface area contributed by atoms with E-state index in [2.05, 4.69) is 15.6 Å². The van der Waals surface area contributed by atoms with Crippen LogP contribution < -0.4 is 20.4 Å². The lowest BCUT2D eigenvalue weighted by molar-refractivity contribution is -0.124. The zero-order valence-electron chi connectivity index (χ0n) is 17.8. The maximum absolute atomic E-state index is 11.9. The number of rotatable bonds is 8. The van der Waals surface area contributed by atoms with Gasteiger partial charge in [0, 0.05) is 51.7 Å². The first-order valence-electron chi connectivity index (χ1n) is 9.50. The second-order valence-electron chi connectivity index (χ2n) is 7.30. The van der Waals surface area contributed by atoms with Crippen molar-refractivity contribution in [3.63, 3.8) is 0 Å². The normalized spacial score (nSPS) is 12.9. The number of halogens is 1. The van der Waals surface area contributed by atoms with Gasteiger partial charge in [-0.15, -0.1) is 0 Å². The van der Waals surface area contributed by atoms with Crippen LogP contribution >= 0.6 is 11.6 Å². The zero-order chi connectivity index (χ0) is 21.7. The number of nitrogens with one attached hydrogen (secondary N) is 2. The molecule has 0 aliphatic heterocycles. The van der Waals surface area contributed by atoms with Crippen molar-refractivity contribution in [3.8, 4) is 0 Å². The molecule has 0 aliphatic rings. The minimum Gasteiger partial charge on any atom is -0.359 e. The van der Waals surface area contributed by atoms with E-state index in [-0.39, 0.29) is 23.7 Å². The van der Waals surface area contributed by atoms with E-state index in [1.165, 1.54) is 0 Å². The highest BCUT2D eigenvalue weighted by Crippen LogP contribution is 2.29. The van der Waals surface area contributed by atoms with Crippen LogP contribution in [0.5, 0.6) is 0 Å². The smallest absolute Gasteiger partial charge is 0.227 e. The second-order valence-corrected chi connectivity index (χ2v) is 7.74. The number of hydrogen-bond donors (Lipinski definition) is 2. The molecule has 0 radical (unpaired) electrons. The minimum atomic E-state index is -0.219. The molecule has 2 rings (SSSR count). The van der Waals surface area contributed by atoms with E-state index in [4.69, 9.17) is 16.6 Å². The third kappa shape index (κ3) is 5.47. The average Bonchev–Trinajstić information content (AvgIpc) is 2.71. The summed E-state index contributed by atoms with van der Waals surface area (Å²) >= 11 is 6.20. The fraction of sp³-hybridized carbons (Fsp3) is 0.500. The van der Waals surface area contributed by atoms with Gasteiger partial charge >= 0.3 is 0 Å². The Labute approximate surface area is 176 Å². The third-order valence-electron chi connectivity index (χ3n) is 4.81. The molecule has 158 valence electrons. The number of hydrogen-bond acceptors (Lipinski definition) is 6. The molecule has 0 fully saturated rings. The van der Waals surface area contributed by atoms with E-state index >= 15 is 0 Å². The molecule has 1 aromatic carbocycles.